The Morgan fingerprint density at radius 2 is 0.800 bits per heavy atom. The van der Waals surface area contributed by atoms with Crippen LogP contribution in [0.3, 0.4) is 0 Å². The molecule has 0 aliphatic carbocycles. The standard InChI is InChI=1S/2C23H30N2O2.C19H23NO/c1-16(2)13-24(14-17(3)4)23(26)15-25-21-9-7-6-8-19(21)20-11-10-18(27-5)12-22(20)25;1-4-6-14-24(15-7-5-2)23(26)17-25-21-11-9-8-10-19(21)20-13-12-18(27-3)16-22(20)25;1-19(2,3)11-12-20-17-8-6-5-7-15(17)16-10-9-14(21-4)13-18(16)20/h6-12,16-17H,13-15H2,1-5H3;8-13,16H,4-7,14-15,17H2,1-3H3;5-10,13H,11-12H2,1-4H3. The molecule has 6 aromatic carbocycles. The number of aromatic nitrogens is 3. The Kier molecular flexibility index (Phi) is 19.0. The fourth-order valence-electron chi connectivity index (χ4n) is 10.2. The van der Waals surface area contributed by atoms with E-state index in [0.717, 1.165) is 115 Å². The monoisotopic (exact) mass is 1010 g/mol. The van der Waals surface area contributed by atoms with Crippen LogP contribution >= 0.6 is 0 Å². The molecule has 0 saturated carbocycles. The van der Waals surface area contributed by atoms with E-state index in [1.807, 2.05) is 64.4 Å². The zero-order chi connectivity index (χ0) is 53.8. The molecule has 3 heterocycles. The number of nitrogens with zero attached hydrogens (tertiary/aromatic N) is 5. The summed E-state index contributed by atoms with van der Waals surface area (Å²) in [7, 11) is 5.08. The summed E-state index contributed by atoms with van der Waals surface area (Å²) in [5, 5.41) is 7.29. The zero-order valence-electron chi connectivity index (χ0n) is 47.0. The second kappa shape index (κ2) is 25.5. The van der Waals surface area contributed by atoms with Crippen LogP contribution in [0, 0.1) is 17.3 Å². The normalized spacial score (nSPS) is 11.7. The zero-order valence-corrected chi connectivity index (χ0v) is 47.0. The number of benzene rings is 6. The van der Waals surface area contributed by atoms with Gasteiger partial charge < -0.3 is 37.7 Å². The molecule has 0 saturated heterocycles. The van der Waals surface area contributed by atoms with Gasteiger partial charge in [-0.3, -0.25) is 9.59 Å². The van der Waals surface area contributed by atoms with E-state index in [0.29, 0.717) is 30.3 Å². The maximum absolute atomic E-state index is 13.2. The molecule has 9 rings (SSSR count). The van der Waals surface area contributed by atoms with Crippen molar-refractivity contribution in [2.75, 3.05) is 47.5 Å². The number of hydrogen-bond acceptors (Lipinski definition) is 5. The molecule has 0 fully saturated rings. The molecule has 398 valence electrons. The number of rotatable bonds is 19. The third-order valence-corrected chi connectivity index (χ3v) is 14.1. The van der Waals surface area contributed by atoms with Crippen LogP contribution in [0.25, 0.3) is 65.4 Å². The van der Waals surface area contributed by atoms with Crippen LogP contribution in [0.5, 0.6) is 17.2 Å². The van der Waals surface area contributed by atoms with Crippen LogP contribution in [-0.2, 0) is 29.2 Å². The first kappa shape index (κ1) is 55.8. The second-order valence-electron chi connectivity index (χ2n) is 22.0. The SMILES string of the molecule is CCCCN(CCCC)C(=O)Cn1c2ccccc2c2ccc(OC)cc21.COc1ccc2c3ccccc3n(CC(=O)N(CC(C)C)CC(C)C)c2c1.COc1ccc2c3ccccc3n(CCC(C)(C)C)c2c1. The van der Waals surface area contributed by atoms with Crippen molar-refractivity contribution >= 4 is 77.2 Å². The fourth-order valence-corrected chi connectivity index (χ4v) is 10.2. The molecule has 75 heavy (non-hydrogen) atoms. The smallest absolute Gasteiger partial charge is 0.242 e. The van der Waals surface area contributed by atoms with E-state index in [9.17, 15) is 9.59 Å². The predicted molar refractivity (Wildman–Crippen MR) is 315 cm³/mol. The number of para-hydroxylation sites is 3. The summed E-state index contributed by atoms with van der Waals surface area (Å²) in [6, 6.07) is 43.8. The van der Waals surface area contributed by atoms with Crippen molar-refractivity contribution in [3.8, 4) is 17.2 Å². The van der Waals surface area contributed by atoms with Gasteiger partial charge in [-0.05, 0) is 91.1 Å². The van der Waals surface area contributed by atoms with Crippen molar-refractivity contribution in [2.45, 2.75) is 114 Å². The first-order valence-corrected chi connectivity index (χ1v) is 27.3. The third kappa shape index (κ3) is 13.5. The summed E-state index contributed by atoms with van der Waals surface area (Å²) in [6.45, 7) is 24.9. The molecular formula is C65H83N5O5. The molecule has 9 aromatic rings. The summed E-state index contributed by atoms with van der Waals surface area (Å²) >= 11 is 0. The molecule has 0 N–H and O–H groups in total. The average Bonchev–Trinajstić information content (AvgIpc) is 4.01. The maximum Gasteiger partial charge on any atom is 0.242 e. The molecule has 3 aromatic heterocycles. The van der Waals surface area contributed by atoms with E-state index >= 15 is 0 Å². The Labute approximate surface area is 446 Å². The summed E-state index contributed by atoms with van der Waals surface area (Å²) < 4.78 is 22.9. The van der Waals surface area contributed by atoms with E-state index in [-0.39, 0.29) is 11.8 Å². The maximum atomic E-state index is 13.2. The molecule has 0 unspecified atom stereocenters. The van der Waals surface area contributed by atoms with Crippen molar-refractivity contribution in [2.24, 2.45) is 17.3 Å². The quantitative estimate of drug-likeness (QED) is 0.0806. The Morgan fingerprint density at radius 1 is 0.467 bits per heavy atom. The number of carbonyl (C=O) groups is 2. The number of aryl methyl sites for hydroxylation is 1. The van der Waals surface area contributed by atoms with Crippen LogP contribution < -0.4 is 14.2 Å². The van der Waals surface area contributed by atoms with Gasteiger partial charge in [0, 0.05) is 99.8 Å². The Hall–Kier alpha value is -6.94. The second-order valence-corrected chi connectivity index (χ2v) is 22.0. The molecule has 2 amide bonds. The Balaban J connectivity index is 0.000000165. The lowest BCUT2D eigenvalue weighted by atomic mass is 9.92. The van der Waals surface area contributed by atoms with Gasteiger partial charge in [0.1, 0.15) is 30.3 Å². The van der Waals surface area contributed by atoms with Gasteiger partial charge in [-0.1, -0.05) is 130 Å². The molecular weight excluding hydrogens is 931 g/mol. The van der Waals surface area contributed by atoms with E-state index in [1.54, 1.807) is 21.3 Å². The summed E-state index contributed by atoms with van der Waals surface area (Å²) in [5.41, 5.74) is 7.18. The van der Waals surface area contributed by atoms with Gasteiger partial charge in [0.2, 0.25) is 11.8 Å². The van der Waals surface area contributed by atoms with Crippen molar-refractivity contribution in [3.63, 3.8) is 0 Å². The van der Waals surface area contributed by atoms with E-state index in [1.165, 1.54) is 32.6 Å². The highest BCUT2D eigenvalue weighted by atomic mass is 16.5. The number of methoxy groups -OCH3 is 3. The number of unbranched alkanes of at least 4 members (excludes halogenated alkanes) is 2. The highest BCUT2D eigenvalue weighted by Crippen LogP contribution is 2.35. The molecule has 0 aliphatic rings. The molecule has 10 nitrogen and oxygen atoms in total. The van der Waals surface area contributed by atoms with Gasteiger partial charge in [0.15, 0.2) is 0 Å². The minimum Gasteiger partial charge on any atom is -0.497 e. The van der Waals surface area contributed by atoms with Crippen molar-refractivity contribution < 1.29 is 23.8 Å². The van der Waals surface area contributed by atoms with Crippen LogP contribution in [-0.4, -0.2) is 82.8 Å². The van der Waals surface area contributed by atoms with Gasteiger partial charge in [-0.15, -0.1) is 0 Å². The first-order valence-electron chi connectivity index (χ1n) is 27.3. The van der Waals surface area contributed by atoms with Crippen LogP contribution in [0.2, 0.25) is 0 Å². The van der Waals surface area contributed by atoms with Gasteiger partial charge in [-0.2, -0.15) is 0 Å². The predicted octanol–water partition coefficient (Wildman–Crippen LogP) is 15.4. The van der Waals surface area contributed by atoms with Gasteiger partial charge in [0.05, 0.1) is 37.9 Å². The minimum absolute atomic E-state index is 0.169. The van der Waals surface area contributed by atoms with Gasteiger partial charge in [0.25, 0.3) is 0 Å². The molecule has 10 heteroatoms. The molecule has 0 radical (unpaired) electrons. The van der Waals surface area contributed by atoms with Crippen molar-refractivity contribution in [1.29, 1.82) is 0 Å². The summed E-state index contributed by atoms with van der Waals surface area (Å²) in [5.74, 6) is 3.80. The van der Waals surface area contributed by atoms with Crippen LogP contribution in [0.15, 0.2) is 127 Å². The lowest BCUT2D eigenvalue weighted by Crippen LogP contribution is -2.39. The van der Waals surface area contributed by atoms with E-state index in [4.69, 9.17) is 14.2 Å². The first-order chi connectivity index (χ1) is 36.1. The lowest BCUT2D eigenvalue weighted by Gasteiger charge is -2.27. The average molecular weight is 1010 g/mol. The fraction of sp³-hybridized carbons (Fsp3) is 0.415. The highest BCUT2D eigenvalue weighted by Gasteiger charge is 2.22. The Bertz CT molecular complexity index is 3310. The van der Waals surface area contributed by atoms with E-state index in [2.05, 4.69) is 149 Å². The lowest BCUT2D eigenvalue weighted by molar-refractivity contribution is -0.133. The molecule has 0 atom stereocenters. The van der Waals surface area contributed by atoms with Gasteiger partial charge in [-0.25, -0.2) is 0 Å². The number of fused-ring (bicyclic) bond motifs is 9. The Morgan fingerprint density at radius 3 is 1.15 bits per heavy atom. The van der Waals surface area contributed by atoms with E-state index < -0.39 is 0 Å². The van der Waals surface area contributed by atoms with Crippen LogP contribution in [0.4, 0.5) is 0 Å². The van der Waals surface area contributed by atoms with Gasteiger partial charge >= 0.3 is 0 Å². The number of amides is 2. The number of carbonyl (C=O) groups excluding carboxylic acids is 2. The largest absolute Gasteiger partial charge is 0.497 e. The molecule has 0 spiro atoms. The topological polar surface area (TPSA) is 83.1 Å². The number of ether oxygens (including phenoxy) is 3. The van der Waals surface area contributed by atoms with Crippen LogP contribution in [0.1, 0.15) is 94.4 Å². The summed E-state index contributed by atoms with van der Waals surface area (Å²) in [6.07, 6.45) is 5.45. The highest BCUT2D eigenvalue weighted by molar-refractivity contribution is 6.10. The number of hydrogen-bond donors (Lipinski definition) is 0. The minimum atomic E-state index is 0.169. The summed E-state index contributed by atoms with van der Waals surface area (Å²) in [4.78, 5) is 30.4. The molecule has 0 aliphatic heterocycles. The van der Waals surface area contributed by atoms with Crippen molar-refractivity contribution in [3.05, 3.63) is 127 Å². The molecule has 0 bridgehead atoms. The van der Waals surface area contributed by atoms with Crippen molar-refractivity contribution in [1.82, 2.24) is 23.5 Å². The third-order valence-electron chi connectivity index (χ3n) is 14.1.